The van der Waals surface area contributed by atoms with E-state index >= 15 is 0 Å². The molecule has 5 rings (SSSR count). The van der Waals surface area contributed by atoms with Crippen LogP contribution in [0.2, 0.25) is 0 Å². The maximum Gasteiger partial charge on any atom is 0.168 e. The number of hydrogen-bond acceptors (Lipinski definition) is 8. The van der Waals surface area contributed by atoms with Crippen LogP contribution in [-0.2, 0) is 14.5 Å². The molecule has 0 aliphatic carbocycles. The van der Waals surface area contributed by atoms with Crippen molar-refractivity contribution in [2.45, 2.75) is 17.9 Å². The van der Waals surface area contributed by atoms with Crippen molar-refractivity contribution >= 4 is 32.4 Å². The van der Waals surface area contributed by atoms with Crippen LogP contribution in [0.25, 0.3) is 22.4 Å². The smallest absolute Gasteiger partial charge is 0.168 e. The molecule has 1 aliphatic heterocycles. The van der Waals surface area contributed by atoms with E-state index in [1.54, 1.807) is 43.0 Å². The second-order valence-corrected chi connectivity index (χ2v) is 9.97. The summed E-state index contributed by atoms with van der Waals surface area (Å²) in [6.07, 6.45) is 8.37. The number of rotatable bonds is 4. The van der Waals surface area contributed by atoms with Crippen molar-refractivity contribution in [1.29, 1.82) is 0 Å². The molecule has 5 heterocycles. The third-order valence-corrected chi connectivity index (χ3v) is 7.05. The number of aromatic amines is 1. The van der Waals surface area contributed by atoms with E-state index in [-0.39, 0.29) is 6.04 Å². The van der Waals surface area contributed by atoms with E-state index in [1.165, 1.54) is 0 Å². The molecule has 0 radical (unpaired) electrons. The van der Waals surface area contributed by atoms with Gasteiger partial charge in [-0.1, -0.05) is 0 Å². The highest BCUT2D eigenvalue weighted by Gasteiger charge is 2.23. The van der Waals surface area contributed by atoms with Gasteiger partial charge in [-0.3, -0.25) is 4.98 Å². The molecule has 10 heteroatoms. The van der Waals surface area contributed by atoms with Crippen LogP contribution >= 0.6 is 0 Å². The molecule has 0 bridgehead atoms. The molecule has 164 valence electrons. The quantitative estimate of drug-likeness (QED) is 0.508. The number of pyridine rings is 2. The summed E-state index contributed by atoms with van der Waals surface area (Å²) >= 11 is 0. The minimum atomic E-state index is -2.74. The van der Waals surface area contributed by atoms with Crippen LogP contribution in [0.3, 0.4) is 0 Å². The molecule has 2 atom stereocenters. The van der Waals surface area contributed by atoms with E-state index in [1.807, 2.05) is 18.3 Å². The summed E-state index contributed by atoms with van der Waals surface area (Å²) < 4.78 is 23.6. The van der Waals surface area contributed by atoms with Crippen LogP contribution in [0.1, 0.15) is 6.92 Å². The topological polar surface area (TPSA) is 109 Å². The Kier molecular flexibility index (Phi) is 5.32. The van der Waals surface area contributed by atoms with Crippen LogP contribution in [-0.4, -0.2) is 61.2 Å². The van der Waals surface area contributed by atoms with Gasteiger partial charge in [0.05, 0.1) is 33.9 Å². The van der Waals surface area contributed by atoms with Gasteiger partial charge in [-0.05, 0) is 31.2 Å². The lowest BCUT2D eigenvalue weighted by atomic mass is 10.1. The number of nitrogens with zero attached hydrogens (tertiary/aromatic N) is 6. The first kappa shape index (κ1) is 20.5. The summed E-state index contributed by atoms with van der Waals surface area (Å²) in [5.41, 5.74) is 1.59. The van der Waals surface area contributed by atoms with Crippen molar-refractivity contribution in [2.24, 2.45) is 4.36 Å². The Morgan fingerprint density at radius 3 is 2.97 bits per heavy atom. The molecule has 1 unspecified atom stereocenters. The lowest BCUT2D eigenvalue weighted by molar-refractivity contribution is 0.0985. The van der Waals surface area contributed by atoms with Crippen LogP contribution in [0.5, 0.6) is 0 Å². The Labute approximate surface area is 186 Å². The first-order valence-corrected chi connectivity index (χ1v) is 12.2. The van der Waals surface area contributed by atoms with Gasteiger partial charge in [-0.25, -0.2) is 19.2 Å². The number of anilines is 1. The third kappa shape index (κ3) is 3.94. The zero-order chi connectivity index (χ0) is 22.1. The molecule has 1 fully saturated rings. The summed E-state index contributed by atoms with van der Waals surface area (Å²) in [6, 6.07) is 9.28. The highest BCUT2D eigenvalue weighted by Crippen LogP contribution is 2.30. The minimum absolute atomic E-state index is 0.147. The molecule has 4 aromatic rings. The Balaban J connectivity index is 1.69. The van der Waals surface area contributed by atoms with Gasteiger partial charge < -0.3 is 14.6 Å². The summed E-state index contributed by atoms with van der Waals surface area (Å²) in [5.74, 6) is 1.60. The van der Waals surface area contributed by atoms with Gasteiger partial charge in [0.1, 0.15) is 11.5 Å². The van der Waals surface area contributed by atoms with Crippen molar-refractivity contribution in [3.8, 4) is 11.4 Å². The van der Waals surface area contributed by atoms with Crippen molar-refractivity contribution in [3.63, 3.8) is 0 Å². The lowest BCUT2D eigenvalue weighted by Crippen LogP contribution is -2.44. The monoisotopic (exact) mass is 449 g/mol. The molecule has 0 spiro atoms. The molecule has 1 N–H and O–H groups in total. The predicted octanol–water partition coefficient (Wildman–Crippen LogP) is 3.43. The van der Waals surface area contributed by atoms with Gasteiger partial charge in [0.25, 0.3) is 0 Å². The van der Waals surface area contributed by atoms with Gasteiger partial charge in [-0.2, -0.15) is 4.36 Å². The number of ether oxygens (including phenoxy) is 1. The van der Waals surface area contributed by atoms with E-state index in [9.17, 15) is 4.21 Å². The average molecular weight is 450 g/mol. The van der Waals surface area contributed by atoms with Crippen LogP contribution in [0.4, 0.5) is 11.6 Å². The van der Waals surface area contributed by atoms with Crippen molar-refractivity contribution in [1.82, 2.24) is 24.9 Å². The molecule has 1 saturated heterocycles. The number of hydrogen-bond donors (Lipinski definition) is 1. The first-order valence-electron chi connectivity index (χ1n) is 10.3. The fraction of sp³-hybridized carbons (Fsp3) is 0.273. The zero-order valence-corrected chi connectivity index (χ0v) is 18.6. The van der Waals surface area contributed by atoms with Crippen molar-refractivity contribution in [2.75, 3.05) is 30.9 Å². The molecule has 32 heavy (non-hydrogen) atoms. The van der Waals surface area contributed by atoms with Crippen molar-refractivity contribution < 1.29 is 8.95 Å². The first-order chi connectivity index (χ1) is 15.5. The highest BCUT2D eigenvalue weighted by atomic mass is 32.2. The van der Waals surface area contributed by atoms with E-state index in [4.69, 9.17) is 9.72 Å². The molecular formula is C22H23N7O2S. The predicted molar refractivity (Wildman–Crippen MR) is 123 cm³/mol. The van der Waals surface area contributed by atoms with E-state index < -0.39 is 9.73 Å². The molecule has 4 aromatic heterocycles. The van der Waals surface area contributed by atoms with Gasteiger partial charge in [-0.15, -0.1) is 0 Å². The number of fused-ring (bicyclic) bond motifs is 1. The Morgan fingerprint density at radius 1 is 1.25 bits per heavy atom. The second-order valence-electron chi connectivity index (χ2n) is 7.71. The average Bonchev–Trinajstić information content (AvgIpc) is 3.28. The summed E-state index contributed by atoms with van der Waals surface area (Å²) in [6.45, 7) is 4.03. The fourth-order valence-electron chi connectivity index (χ4n) is 3.76. The third-order valence-electron chi connectivity index (χ3n) is 5.40. The van der Waals surface area contributed by atoms with Crippen LogP contribution in [0.15, 0.2) is 64.4 Å². The van der Waals surface area contributed by atoms with Gasteiger partial charge >= 0.3 is 0 Å². The SMILES string of the molecule is C[C@@H]1COCCN1c1cc(N=S(C)(=O)c2cccnc2)nc(-c2ccnc3[nH]ccc23)n1. The Morgan fingerprint density at radius 2 is 2.16 bits per heavy atom. The number of morpholine rings is 1. The van der Waals surface area contributed by atoms with Crippen LogP contribution in [0, 0.1) is 0 Å². The lowest BCUT2D eigenvalue weighted by Gasteiger charge is -2.34. The second kappa shape index (κ2) is 8.29. The number of nitrogens with one attached hydrogen (secondary N) is 1. The number of H-pyrrole nitrogens is 1. The normalized spacial score (nSPS) is 18.4. The summed E-state index contributed by atoms with van der Waals surface area (Å²) in [5, 5.41) is 0.912. The molecule has 9 nitrogen and oxygen atoms in total. The standard InChI is InChI=1S/C22H23N7O2S/c1-15-14-31-11-10-29(15)20-12-19(28-32(2,30)16-4-3-7-23-13-16)26-22(27-20)18-6-9-25-21-17(18)5-8-24-21/h3-9,12-13,15H,10-11,14H2,1-2H3,(H,24,25)/t15-,32?/m1/s1. The molecular weight excluding hydrogens is 426 g/mol. The van der Waals surface area contributed by atoms with Crippen LogP contribution < -0.4 is 4.90 Å². The zero-order valence-electron chi connectivity index (χ0n) is 17.8. The van der Waals surface area contributed by atoms with Gasteiger partial charge in [0.15, 0.2) is 11.6 Å². The Hall–Kier alpha value is -3.37. The summed E-state index contributed by atoms with van der Waals surface area (Å²) in [7, 11) is -2.74. The largest absolute Gasteiger partial charge is 0.377 e. The fourth-order valence-corrected chi connectivity index (χ4v) is 4.91. The molecule has 0 aromatic carbocycles. The van der Waals surface area contributed by atoms with E-state index in [2.05, 4.69) is 36.1 Å². The van der Waals surface area contributed by atoms with Gasteiger partial charge in [0, 0.05) is 54.6 Å². The molecule has 1 aliphatic rings. The van der Waals surface area contributed by atoms with E-state index in [0.717, 1.165) is 22.4 Å². The van der Waals surface area contributed by atoms with Gasteiger partial charge in [0.2, 0.25) is 0 Å². The molecule has 0 saturated carbocycles. The molecule has 0 amide bonds. The maximum absolute atomic E-state index is 13.4. The van der Waals surface area contributed by atoms with Crippen molar-refractivity contribution in [3.05, 3.63) is 55.1 Å². The Bertz CT molecular complexity index is 1380. The summed E-state index contributed by atoms with van der Waals surface area (Å²) in [4.78, 5) is 23.8. The number of aromatic nitrogens is 5. The minimum Gasteiger partial charge on any atom is -0.377 e. The van der Waals surface area contributed by atoms with E-state index in [0.29, 0.717) is 36.3 Å². The highest BCUT2D eigenvalue weighted by molar-refractivity contribution is 7.93. The maximum atomic E-state index is 13.4.